The van der Waals surface area contributed by atoms with Crippen LogP contribution in [0, 0.1) is 6.92 Å². The van der Waals surface area contributed by atoms with Crippen molar-refractivity contribution in [3.8, 4) is 5.75 Å². The van der Waals surface area contributed by atoms with Crippen LogP contribution in [-0.2, 0) is 17.5 Å². The van der Waals surface area contributed by atoms with Crippen LogP contribution in [0.1, 0.15) is 23.2 Å². The molecule has 0 radical (unpaired) electrons. The number of alkyl halides is 3. The number of carboxylic acid groups (broad SMARTS) is 1. The molecule has 1 aromatic heterocycles. The van der Waals surface area contributed by atoms with Gasteiger partial charge in [-0.2, -0.15) is 13.2 Å². The monoisotopic (exact) mass is 445 g/mol. The molecule has 7 nitrogen and oxygen atoms in total. The van der Waals surface area contributed by atoms with Crippen LogP contribution in [0.3, 0.4) is 0 Å². The summed E-state index contributed by atoms with van der Waals surface area (Å²) in [6, 6.07) is 10.5. The molecular formula is C21H30F3N3O4. The van der Waals surface area contributed by atoms with E-state index in [-0.39, 0.29) is 12.6 Å². The Hall–Kier alpha value is -2.69. The maximum Gasteiger partial charge on any atom is 0.433 e. The number of methoxy groups -OCH3 is 1. The van der Waals surface area contributed by atoms with Gasteiger partial charge >= 0.3 is 6.18 Å². The van der Waals surface area contributed by atoms with Crippen molar-refractivity contribution in [1.82, 2.24) is 15.6 Å². The smallest absolute Gasteiger partial charge is 0.433 e. The molecule has 2 heterocycles. The first-order chi connectivity index (χ1) is 14.7. The van der Waals surface area contributed by atoms with Gasteiger partial charge in [0.15, 0.2) is 0 Å². The minimum atomic E-state index is -4.36. The number of hydrogen-bond donors (Lipinski definition) is 4. The molecule has 1 fully saturated rings. The van der Waals surface area contributed by atoms with Crippen LogP contribution in [0.4, 0.5) is 13.2 Å². The molecule has 4 N–H and O–H groups in total. The Morgan fingerprint density at radius 2 is 1.90 bits per heavy atom. The molecule has 0 aliphatic carbocycles. The van der Waals surface area contributed by atoms with Crippen molar-refractivity contribution >= 4 is 6.47 Å². The molecule has 1 aliphatic rings. The third-order valence-corrected chi connectivity index (χ3v) is 3.79. The fourth-order valence-electron chi connectivity index (χ4n) is 2.26. The number of aliphatic hydroxyl groups excluding tert-OH is 1. The second-order valence-electron chi connectivity index (χ2n) is 6.35. The predicted molar refractivity (Wildman–Crippen MR) is 112 cm³/mol. The molecule has 31 heavy (non-hydrogen) atoms. The van der Waals surface area contributed by atoms with Crippen molar-refractivity contribution in [3.63, 3.8) is 0 Å². The van der Waals surface area contributed by atoms with Gasteiger partial charge < -0.3 is 25.6 Å². The predicted octanol–water partition coefficient (Wildman–Crippen LogP) is 2.86. The topological polar surface area (TPSA) is 104 Å². The highest BCUT2D eigenvalue weighted by atomic mass is 19.4. The number of nitrogens with zero attached hydrogens (tertiary/aromatic N) is 1. The maximum absolute atomic E-state index is 12.1. The van der Waals surface area contributed by atoms with Gasteiger partial charge in [-0.05, 0) is 56.8 Å². The quantitative estimate of drug-likeness (QED) is 0.539. The second-order valence-corrected chi connectivity index (χ2v) is 6.35. The zero-order valence-electron chi connectivity index (χ0n) is 17.8. The molecule has 1 saturated heterocycles. The molecule has 0 spiro atoms. The van der Waals surface area contributed by atoms with E-state index in [1.807, 2.05) is 24.3 Å². The van der Waals surface area contributed by atoms with Crippen LogP contribution in [0.25, 0.3) is 0 Å². The van der Waals surface area contributed by atoms with Crippen molar-refractivity contribution < 1.29 is 32.9 Å². The van der Waals surface area contributed by atoms with Crippen molar-refractivity contribution in [2.75, 3.05) is 27.2 Å². The standard InChI is InChI=1S/C8H9F3N2.C8H10O.C4H9NO.CH2O2/c1-12-5-6-2-3-13-7(4-6)8(9,10)11;1-7-3-5-8(9-2)6-4-7;6-4-1-2-5-3-4;2-1-3/h2-4,12H,5H2,1H3;3-6H,1-2H3;4-6H,1-3H2;1H,(H,2,3). The van der Waals surface area contributed by atoms with E-state index in [4.69, 9.17) is 19.7 Å². The van der Waals surface area contributed by atoms with Gasteiger partial charge in [0.1, 0.15) is 11.4 Å². The summed E-state index contributed by atoms with van der Waals surface area (Å²) < 4.78 is 41.3. The van der Waals surface area contributed by atoms with Crippen molar-refractivity contribution in [3.05, 3.63) is 59.4 Å². The number of ether oxygens (including phenoxy) is 1. The number of pyridine rings is 1. The Balaban J connectivity index is 0.000000433. The van der Waals surface area contributed by atoms with E-state index in [0.717, 1.165) is 37.5 Å². The minimum absolute atomic E-state index is 0.0648. The lowest BCUT2D eigenvalue weighted by Crippen LogP contribution is -2.11. The number of rotatable bonds is 3. The average molecular weight is 445 g/mol. The maximum atomic E-state index is 12.1. The molecule has 174 valence electrons. The van der Waals surface area contributed by atoms with Crippen molar-refractivity contribution in [1.29, 1.82) is 0 Å². The van der Waals surface area contributed by atoms with E-state index in [1.165, 1.54) is 5.56 Å². The lowest BCUT2D eigenvalue weighted by molar-refractivity contribution is -0.141. The number of benzene rings is 1. The zero-order chi connectivity index (χ0) is 23.7. The van der Waals surface area contributed by atoms with Gasteiger partial charge in [0.05, 0.1) is 13.2 Å². The highest BCUT2D eigenvalue weighted by Crippen LogP contribution is 2.27. The van der Waals surface area contributed by atoms with E-state index < -0.39 is 11.9 Å². The lowest BCUT2D eigenvalue weighted by atomic mass is 10.2. The van der Waals surface area contributed by atoms with E-state index in [0.29, 0.717) is 12.1 Å². The molecule has 1 aromatic carbocycles. The van der Waals surface area contributed by atoms with E-state index in [2.05, 4.69) is 22.5 Å². The van der Waals surface area contributed by atoms with Gasteiger partial charge in [0, 0.05) is 19.3 Å². The van der Waals surface area contributed by atoms with Crippen LogP contribution in [0.2, 0.25) is 0 Å². The van der Waals surface area contributed by atoms with E-state index >= 15 is 0 Å². The van der Waals surface area contributed by atoms with Gasteiger partial charge in [-0.25, -0.2) is 0 Å². The number of hydrogen-bond acceptors (Lipinski definition) is 6. The van der Waals surface area contributed by atoms with Crippen molar-refractivity contribution in [2.24, 2.45) is 0 Å². The van der Waals surface area contributed by atoms with Crippen LogP contribution in [0.5, 0.6) is 5.75 Å². The third kappa shape index (κ3) is 14.0. The number of carbonyl (C=O) groups is 1. The summed E-state index contributed by atoms with van der Waals surface area (Å²) in [5, 5.41) is 21.3. The summed E-state index contributed by atoms with van der Waals surface area (Å²) in [6.07, 6.45) is -2.33. The Morgan fingerprint density at radius 3 is 2.29 bits per heavy atom. The van der Waals surface area contributed by atoms with Gasteiger partial charge in [0.25, 0.3) is 6.47 Å². The normalized spacial score (nSPS) is 14.6. The number of aliphatic hydroxyl groups is 1. The van der Waals surface area contributed by atoms with Gasteiger partial charge in [-0.15, -0.1) is 0 Å². The van der Waals surface area contributed by atoms with Crippen LogP contribution in [0.15, 0.2) is 42.6 Å². The third-order valence-electron chi connectivity index (χ3n) is 3.79. The summed E-state index contributed by atoms with van der Waals surface area (Å²) >= 11 is 0. The highest BCUT2D eigenvalue weighted by Gasteiger charge is 2.32. The first-order valence-corrected chi connectivity index (χ1v) is 9.41. The molecule has 10 heteroatoms. The molecule has 1 unspecified atom stereocenters. The highest BCUT2D eigenvalue weighted by molar-refractivity contribution is 5.32. The average Bonchev–Trinajstić information content (AvgIpc) is 3.21. The minimum Gasteiger partial charge on any atom is -0.497 e. The first-order valence-electron chi connectivity index (χ1n) is 9.41. The lowest BCUT2D eigenvalue weighted by Gasteiger charge is -2.06. The van der Waals surface area contributed by atoms with Crippen LogP contribution < -0.4 is 15.4 Å². The summed E-state index contributed by atoms with van der Waals surface area (Å²) in [7, 11) is 3.35. The SMILES string of the molecule is CNCc1ccnc(C(F)(F)F)c1.COc1ccc(C)cc1.O=CO.OC1CCNC1. The Labute approximate surface area is 180 Å². The summed E-state index contributed by atoms with van der Waals surface area (Å²) in [4.78, 5) is 11.6. The van der Waals surface area contributed by atoms with Gasteiger partial charge in [0.2, 0.25) is 0 Å². The molecule has 0 amide bonds. The number of β-amino-alcohol motifs (C(OH)–C–C–N with tert-alkyl or cyclic N) is 1. The summed E-state index contributed by atoms with van der Waals surface area (Å²) in [6.45, 7) is 3.99. The number of aromatic nitrogens is 1. The van der Waals surface area contributed by atoms with Crippen LogP contribution >= 0.6 is 0 Å². The Kier molecular flexibility index (Phi) is 14.7. The van der Waals surface area contributed by atoms with Crippen molar-refractivity contribution in [2.45, 2.75) is 32.2 Å². The first kappa shape index (κ1) is 28.3. The molecule has 0 saturated carbocycles. The number of nitrogens with one attached hydrogen (secondary N) is 2. The van der Waals surface area contributed by atoms with Gasteiger partial charge in [-0.3, -0.25) is 9.78 Å². The Morgan fingerprint density at radius 1 is 1.29 bits per heavy atom. The van der Waals surface area contributed by atoms with E-state index in [9.17, 15) is 13.2 Å². The number of halogens is 3. The Bertz CT molecular complexity index is 723. The molecular weight excluding hydrogens is 415 g/mol. The van der Waals surface area contributed by atoms with Crippen LogP contribution in [-0.4, -0.2) is 55.0 Å². The summed E-state index contributed by atoms with van der Waals surface area (Å²) in [5.41, 5.74) is 0.987. The fraction of sp³-hybridized carbons (Fsp3) is 0.429. The molecule has 1 atom stereocenters. The molecule has 2 aromatic rings. The zero-order valence-corrected chi connectivity index (χ0v) is 17.8. The van der Waals surface area contributed by atoms with E-state index in [1.54, 1.807) is 20.2 Å². The number of aryl methyl sites for hydroxylation is 1. The van der Waals surface area contributed by atoms with Gasteiger partial charge in [-0.1, -0.05) is 17.7 Å². The summed E-state index contributed by atoms with van der Waals surface area (Å²) in [5.74, 6) is 0.917. The molecule has 0 bridgehead atoms. The fourth-order valence-corrected chi connectivity index (χ4v) is 2.26. The largest absolute Gasteiger partial charge is 0.497 e. The second kappa shape index (κ2) is 16.1. The molecule has 1 aliphatic heterocycles. The molecule has 3 rings (SSSR count).